The van der Waals surface area contributed by atoms with Gasteiger partial charge < -0.3 is 10.1 Å². The van der Waals surface area contributed by atoms with E-state index in [0.717, 1.165) is 5.82 Å². The highest BCUT2D eigenvalue weighted by atomic mass is 16.5. The van der Waals surface area contributed by atoms with Gasteiger partial charge in [0.2, 0.25) is 0 Å². The van der Waals surface area contributed by atoms with E-state index in [2.05, 4.69) is 10.3 Å². The summed E-state index contributed by atoms with van der Waals surface area (Å²) in [5.74, 6) is 0.480. The van der Waals surface area contributed by atoms with Crippen LogP contribution >= 0.6 is 0 Å². The molecule has 0 aliphatic carbocycles. The van der Waals surface area contributed by atoms with Crippen LogP contribution in [0.4, 0.5) is 5.82 Å². The number of carbonyl (C=O) groups is 1. The molecule has 1 aromatic rings. The van der Waals surface area contributed by atoms with Crippen molar-refractivity contribution in [3.05, 3.63) is 36.2 Å². The molecule has 0 unspecified atom stereocenters. The van der Waals surface area contributed by atoms with Crippen molar-refractivity contribution in [2.75, 3.05) is 11.9 Å². The molecule has 4 heteroatoms. The first-order valence-corrected chi connectivity index (χ1v) is 4.40. The number of cyclic esters (lactones) is 1. The Balaban J connectivity index is 2.03. The van der Waals surface area contributed by atoms with Crippen LogP contribution in [0.3, 0.4) is 0 Å². The van der Waals surface area contributed by atoms with E-state index < -0.39 is 0 Å². The highest BCUT2D eigenvalue weighted by molar-refractivity contribution is 5.90. The van der Waals surface area contributed by atoms with Crippen molar-refractivity contribution in [3.8, 4) is 0 Å². The smallest absolute Gasteiger partial charge is 0.335 e. The van der Waals surface area contributed by atoms with Crippen molar-refractivity contribution in [1.82, 2.24) is 4.98 Å². The lowest BCUT2D eigenvalue weighted by Gasteiger charge is -1.98. The molecule has 14 heavy (non-hydrogen) atoms. The van der Waals surface area contributed by atoms with Crippen LogP contribution in [0.25, 0.3) is 0 Å². The lowest BCUT2D eigenvalue weighted by atomic mass is 10.2. The number of anilines is 1. The molecule has 1 aromatic heterocycles. The second-order valence-corrected chi connectivity index (χ2v) is 2.91. The topological polar surface area (TPSA) is 51.2 Å². The van der Waals surface area contributed by atoms with Gasteiger partial charge in [-0.25, -0.2) is 9.78 Å². The Morgan fingerprint density at radius 1 is 1.50 bits per heavy atom. The van der Waals surface area contributed by atoms with Crippen molar-refractivity contribution in [2.24, 2.45) is 0 Å². The fraction of sp³-hybridized carbons (Fsp3) is 0.200. The van der Waals surface area contributed by atoms with Gasteiger partial charge in [-0.05, 0) is 12.1 Å². The standard InChI is InChI=1S/C10H10N2O2/c13-10-8(4-6-14-10)7-12-9-3-1-2-5-11-9/h1-3,5,7H,4,6H2,(H,11,12)/b8-7+. The van der Waals surface area contributed by atoms with E-state index >= 15 is 0 Å². The number of nitrogens with one attached hydrogen (secondary N) is 1. The number of hydrogen-bond donors (Lipinski definition) is 1. The van der Waals surface area contributed by atoms with Gasteiger partial charge in [-0.2, -0.15) is 0 Å². The average molecular weight is 190 g/mol. The minimum atomic E-state index is -0.242. The zero-order valence-corrected chi connectivity index (χ0v) is 7.56. The van der Waals surface area contributed by atoms with E-state index in [9.17, 15) is 4.79 Å². The summed E-state index contributed by atoms with van der Waals surface area (Å²) in [6.07, 6.45) is 4.00. The maximum absolute atomic E-state index is 11.0. The SMILES string of the molecule is O=C1OCC/C1=C\Nc1ccccn1. The number of nitrogens with zero attached hydrogens (tertiary/aromatic N) is 1. The Bertz CT molecular complexity index is 360. The summed E-state index contributed by atoms with van der Waals surface area (Å²) in [6, 6.07) is 5.54. The summed E-state index contributed by atoms with van der Waals surface area (Å²) in [5.41, 5.74) is 0.663. The molecule has 1 N–H and O–H groups in total. The summed E-state index contributed by atoms with van der Waals surface area (Å²) >= 11 is 0. The molecule has 0 amide bonds. The number of rotatable bonds is 2. The quantitative estimate of drug-likeness (QED) is 0.564. The third-order valence-corrected chi connectivity index (χ3v) is 1.93. The van der Waals surface area contributed by atoms with Crippen LogP contribution in [-0.2, 0) is 9.53 Å². The second-order valence-electron chi connectivity index (χ2n) is 2.91. The lowest BCUT2D eigenvalue weighted by Crippen LogP contribution is -1.98. The molecule has 0 aromatic carbocycles. The molecule has 0 spiro atoms. The van der Waals surface area contributed by atoms with Crippen molar-refractivity contribution in [2.45, 2.75) is 6.42 Å². The van der Waals surface area contributed by atoms with E-state index in [1.54, 1.807) is 12.4 Å². The van der Waals surface area contributed by atoms with Gasteiger partial charge in [-0.1, -0.05) is 6.07 Å². The highest BCUT2D eigenvalue weighted by Crippen LogP contribution is 2.13. The third kappa shape index (κ3) is 1.90. The van der Waals surface area contributed by atoms with Crippen LogP contribution in [0.1, 0.15) is 6.42 Å². The Hall–Kier alpha value is -1.84. The fourth-order valence-corrected chi connectivity index (χ4v) is 1.19. The van der Waals surface area contributed by atoms with Crippen LogP contribution in [0, 0.1) is 0 Å². The average Bonchev–Trinajstić information content (AvgIpc) is 2.63. The lowest BCUT2D eigenvalue weighted by molar-refractivity contribution is -0.135. The molecule has 0 saturated carbocycles. The predicted octanol–water partition coefficient (Wildman–Crippen LogP) is 1.32. The molecular formula is C10H10N2O2. The second kappa shape index (κ2) is 3.91. The van der Waals surface area contributed by atoms with Gasteiger partial charge in [-0.3, -0.25) is 0 Å². The van der Waals surface area contributed by atoms with E-state index in [1.807, 2.05) is 18.2 Å². The van der Waals surface area contributed by atoms with Gasteiger partial charge in [0.1, 0.15) is 5.82 Å². The Labute approximate surface area is 81.6 Å². The number of aromatic nitrogens is 1. The molecule has 1 fully saturated rings. The van der Waals surface area contributed by atoms with E-state index in [4.69, 9.17) is 4.74 Å². The summed E-state index contributed by atoms with van der Waals surface area (Å²) in [6.45, 7) is 0.481. The van der Waals surface area contributed by atoms with E-state index in [-0.39, 0.29) is 5.97 Å². The first kappa shape index (κ1) is 8.74. The highest BCUT2D eigenvalue weighted by Gasteiger charge is 2.17. The van der Waals surface area contributed by atoms with Crippen LogP contribution in [-0.4, -0.2) is 17.6 Å². The zero-order chi connectivity index (χ0) is 9.80. The van der Waals surface area contributed by atoms with Crippen LogP contribution in [0.15, 0.2) is 36.2 Å². The predicted molar refractivity (Wildman–Crippen MR) is 51.5 cm³/mol. The molecule has 72 valence electrons. The zero-order valence-electron chi connectivity index (χ0n) is 7.56. The maximum Gasteiger partial charge on any atom is 0.335 e. The molecule has 2 heterocycles. The Kier molecular flexibility index (Phi) is 2.44. The number of carbonyl (C=O) groups excluding carboxylic acids is 1. The summed E-state index contributed by atoms with van der Waals surface area (Å²) < 4.78 is 4.79. The van der Waals surface area contributed by atoms with Crippen molar-refractivity contribution >= 4 is 11.8 Å². The van der Waals surface area contributed by atoms with Crippen molar-refractivity contribution < 1.29 is 9.53 Å². The minimum Gasteiger partial charge on any atom is -0.462 e. The van der Waals surface area contributed by atoms with Crippen molar-refractivity contribution in [3.63, 3.8) is 0 Å². The van der Waals surface area contributed by atoms with Gasteiger partial charge in [0.15, 0.2) is 0 Å². The van der Waals surface area contributed by atoms with Gasteiger partial charge in [0.05, 0.1) is 12.2 Å². The molecule has 1 saturated heterocycles. The van der Waals surface area contributed by atoms with E-state index in [1.165, 1.54) is 0 Å². The van der Waals surface area contributed by atoms with Gasteiger partial charge >= 0.3 is 5.97 Å². The third-order valence-electron chi connectivity index (χ3n) is 1.93. The molecule has 2 rings (SSSR count). The molecule has 1 aliphatic heterocycles. The molecule has 0 bridgehead atoms. The van der Waals surface area contributed by atoms with Crippen molar-refractivity contribution in [1.29, 1.82) is 0 Å². The van der Waals surface area contributed by atoms with Crippen LogP contribution in [0.2, 0.25) is 0 Å². The normalized spacial score (nSPS) is 18.3. The largest absolute Gasteiger partial charge is 0.462 e. The fourth-order valence-electron chi connectivity index (χ4n) is 1.19. The van der Waals surface area contributed by atoms with Crippen LogP contribution < -0.4 is 5.32 Å². The molecule has 0 radical (unpaired) electrons. The number of pyridine rings is 1. The number of esters is 1. The number of hydrogen-bond acceptors (Lipinski definition) is 4. The number of ether oxygens (including phenoxy) is 1. The summed E-state index contributed by atoms with van der Waals surface area (Å²) in [5, 5.41) is 2.94. The molecule has 1 aliphatic rings. The minimum absolute atomic E-state index is 0.242. The van der Waals surface area contributed by atoms with Crippen LogP contribution in [0.5, 0.6) is 0 Å². The van der Waals surface area contributed by atoms with Gasteiger partial charge in [-0.15, -0.1) is 0 Å². The van der Waals surface area contributed by atoms with Gasteiger partial charge in [0.25, 0.3) is 0 Å². The van der Waals surface area contributed by atoms with E-state index in [0.29, 0.717) is 18.6 Å². The first-order valence-electron chi connectivity index (χ1n) is 4.40. The maximum atomic E-state index is 11.0. The summed E-state index contributed by atoms with van der Waals surface area (Å²) in [7, 11) is 0. The first-order chi connectivity index (χ1) is 6.86. The van der Waals surface area contributed by atoms with Gasteiger partial charge in [0, 0.05) is 18.8 Å². The monoisotopic (exact) mass is 190 g/mol. The Morgan fingerprint density at radius 3 is 3.07 bits per heavy atom. The molecular weight excluding hydrogens is 180 g/mol. The molecule has 4 nitrogen and oxygen atoms in total. The molecule has 0 atom stereocenters. The Morgan fingerprint density at radius 2 is 2.43 bits per heavy atom. The summed E-state index contributed by atoms with van der Waals surface area (Å²) in [4.78, 5) is 15.1.